The highest BCUT2D eigenvalue weighted by atomic mass is 19.1. The second-order valence-electron chi connectivity index (χ2n) is 10.00. The molecule has 2 amide bonds. The molecule has 0 unspecified atom stereocenters. The van der Waals surface area contributed by atoms with Crippen LogP contribution in [0.4, 0.5) is 10.1 Å². The number of carbonyl (C=O) groups excluding carboxylic acids is 2. The number of halogens is 1. The molecule has 3 N–H and O–H groups in total. The molecule has 210 valence electrons. The third-order valence-corrected chi connectivity index (χ3v) is 5.88. The summed E-state index contributed by atoms with van der Waals surface area (Å²) in [6.07, 6.45) is 5.02. The number of hydrogen-bond donors (Lipinski definition) is 3. The highest BCUT2D eigenvalue weighted by molar-refractivity contribution is 5.92. The van der Waals surface area contributed by atoms with E-state index in [9.17, 15) is 9.59 Å². The number of hydrogen-bond acceptors (Lipinski definition) is 6. The van der Waals surface area contributed by atoms with Gasteiger partial charge in [0.1, 0.15) is 17.3 Å². The van der Waals surface area contributed by atoms with Crippen LogP contribution in [0.3, 0.4) is 0 Å². The van der Waals surface area contributed by atoms with Crippen LogP contribution >= 0.6 is 0 Å². The molecule has 4 rings (SSSR count). The van der Waals surface area contributed by atoms with Crippen molar-refractivity contribution in [1.82, 2.24) is 20.1 Å². The number of benzene rings is 2. The predicted octanol–water partition coefficient (Wildman–Crippen LogP) is 4.60. The van der Waals surface area contributed by atoms with E-state index >= 15 is 4.39 Å². The summed E-state index contributed by atoms with van der Waals surface area (Å²) < 4.78 is 22.9. The van der Waals surface area contributed by atoms with Gasteiger partial charge in [-0.3, -0.25) is 24.0 Å². The van der Waals surface area contributed by atoms with Crippen LogP contribution in [0.1, 0.15) is 37.5 Å². The Kier molecular flexibility index (Phi) is 9.54. The van der Waals surface area contributed by atoms with Gasteiger partial charge in [0, 0.05) is 30.9 Å². The fraction of sp³-hybridized carbons (Fsp3) is 0.276. The topological polar surface area (TPSA) is 135 Å². The molecular weight excluding hydrogens is 517 g/mol. The zero-order valence-corrected chi connectivity index (χ0v) is 23.0. The van der Waals surface area contributed by atoms with Crippen molar-refractivity contribution >= 4 is 34.9 Å². The summed E-state index contributed by atoms with van der Waals surface area (Å²) in [5.41, 5.74) is 2.78. The number of likely N-dealkylation sites (N-methyl/N-ethyl adjacent to an activating group) is 1. The number of carboxylic acid groups (broad SMARTS) is 1. The standard InChI is InChI=1S/C28H30FN5O3.CH2O2/c1-17-10-19(13-27(36)33-20-15-32-34(16-20)28(2,3)4)22(29)14-25(17)37-24-8-9-31-23-7-6-18(11-21(23)24)12-26(35)30-5;2-1-3/h6-11,14-16H,12-13H2,1-5H3,(H,30,35)(H,33,36);1H,(H,2,3). The van der Waals surface area contributed by atoms with Crippen molar-refractivity contribution in [2.45, 2.75) is 46.1 Å². The number of rotatable bonds is 7. The Labute approximate surface area is 231 Å². The third-order valence-electron chi connectivity index (χ3n) is 5.88. The van der Waals surface area contributed by atoms with Gasteiger partial charge in [0.25, 0.3) is 6.47 Å². The van der Waals surface area contributed by atoms with E-state index < -0.39 is 5.82 Å². The molecule has 4 aromatic rings. The minimum Gasteiger partial charge on any atom is -0.483 e. The number of ether oxygens (including phenoxy) is 1. The van der Waals surface area contributed by atoms with Crippen LogP contribution in [0.25, 0.3) is 10.9 Å². The summed E-state index contributed by atoms with van der Waals surface area (Å²) in [4.78, 5) is 37.1. The van der Waals surface area contributed by atoms with E-state index in [1.807, 2.05) is 39.0 Å². The zero-order valence-electron chi connectivity index (χ0n) is 23.0. The Bertz CT molecular complexity index is 1530. The van der Waals surface area contributed by atoms with Crippen molar-refractivity contribution < 1.29 is 28.6 Å². The molecule has 2 aromatic carbocycles. The molecule has 0 fully saturated rings. The summed E-state index contributed by atoms with van der Waals surface area (Å²) in [6, 6.07) is 10.1. The number of carbonyl (C=O) groups is 3. The third kappa shape index (κ3) is 7.62. The van der Waals surface area contributed by atoms with Gasteiger partial charge in [0.2, 0.25) is 11.8 Å². The Morgan fingerprint density at radius 1 is 1.10 bits per heavy atom. The molecule has 0 bridgehead atoms. The molecule has 2 heterocycles. The molecule has 0 aliphatic rings. The molecule has 40 heavy (non-hydrogen) atoms. The lowest BCUT2D eigenvalue weighted by Crippen LogP contribution is -2.22. The summed E-state index contributed by atoms with van der Waals surface area (Å²) in [6.45, 7) is 7.56. The van der Waals surface area contributed by atoms with E-state index in [0.29, 0.717) is 33.7 Å². The fourth-order valence-corrected chi connectivity index (χ4v) is 3.86. The van der Waals surface area contributed by atoms with Crippen molar-refractivity contribution in [3.8, 4) is 11.5 Å². The highest BCUT2D eigenvalue weighted by Gasteiger charge is 2.17. The largest absolute Gasteiger partial charge is 0.483 e. The summed E-state index contributed by atoms with van der Waals surface area (Å²) in [5.74, 6) is -0.166. The van der Waals surface area contributed by atoms with Crippen LogP contribution in [0.15, 0.2) is 55.0 Å². The summed E-state index contributed by atoms with van der Waals surface area (Å²) in [5, 5.41) is 17.2. The van der Waals surface area contributed by atoms with E-state index in [-0.39, 0.29) is 42.2 Å². The van der Waals surface area contributed by atoms with Gasteiger partial charge in [-0.2, -0.15) is 5.10 Å². The first-order valence-electron chi connectivity index (χ1n) is 12.4. The van der Waals surface area contributed by atoms with E-state index in [2.05, 4.69) is 20.7 Å². The smallest absolute Gasteiger partial charge is 0.290 e. The molecule has 0 atom stereocenters. The molecule has 0 saturated carbocycles. The minimum absolute atomic E-state index is 0.105. The molecule has 0 aliphatic heterocycles. The number of aromatic nitrogens is 3. The van der Waals surface area contributed by atoms with Gasteiger partial charge in [0.05, 0.1) is 35.8 Å². The molecule has 0 aliphatic carbocycles. The van der Waals surface area contributed by atoms with Crippen molar-refractivity contribution in [3.63, 3.8) is 0 Å². The number of amides is 2. The monoisotopic (exact) mass is 549 g/mol. The van der Waals surface area contributed by atoms with Crippen LogP contribution < -0.4 is 15.4 Å². The Morgan fingerprint density at radius 3 is 2.48 bits per heavy atom. The van der Waals surface area contributed by atoms with Crippen LogP contribution in [0, 0.1) is 12.7 Å². The van der Waals surface area contributed by atoms with E-state index in [0.717, 1.165) is 5.56 Å². The van der Waals surface area contributed by atoms with Crippen molar-refractivity contribution in [2.24, 2.45) is 0 Å². The lowest BCUT2D eigenvalue weighted by Gasteiger charge is -2.18. The van der Waals surface area contributed by atoms with Crippen LogP contribution in [-0.4, -0.2) is 45.2 Å². The van der Waals surface area contributed by atoms with Gasteiger partial charge in [0.15, 0.2) is 0 Å². The minimum atomic E-state index is -0.542. The summed E-state index contributed by atoms with van der Waals surface area (Å²) in [7, 11) is 1.59. The average Bonchev–Trinajstić information content (AvgIpc) is 3.37. The first-order chi connectivity index (χ1) is 18.9. The highest BCUT2D eigenvalue weighted by Crippen LogP contribution is 2.33. The Balaban J connectivity index is 0.00000141. The van der Waals surface area contributed by atoms with Gasteiger partial charge in [-0.05, 0) is 68.7 Å². The molecule has 0 saturated heterocycles. The number of fused-ring (bicyclic) bond motifs is 1. The van der Waals surface area contributed by atoms with E-state index in [4.69, 9.17) is 14.6 Å². The lowest BCUT2D eigenvalue weighted by atomic mass is 10.1. The van der Waals surface area contributed by atoms with Gasteiger partial charge in [-0.1, -0.05) is 6.07 Å². The first kappa shape index (κ1) is 29.8. The average molecular weight is 550 g/mol. The second-order valence-corrected chi connectivity index (χ2v) is 10.00. The fourth-order valence-electron chi connectivity index (χ4n) is 3.86. The molecule has 10 nitrogen and oxygen atoms in total. The van der Waals surface area contributed by atoms with Gasteiger partial charge in [-0.15, -0.1) is 0 Å². The van der Waals surface area contributed by atoms with Crippen molar-refractivity contribution in [2.75, 3.05) is 12.4 Å². The number of aryl methyl sites for hydroxylation is 1. The Morgan fingerprint density at radius 2 is 1.82 bits per heavy atom. The van der Waals surface area contributed by atoms with Crippen molar-refractivity contribution in [3.05, 3.63) is 77.5 Å². The van der Waals surface area contributed by atoms with Crippen molar-refractivity contribution in [1.29, 1.82) is 0 Å². The van der Waals surface area contributed by atoms with Crippen LogP contribution in [0.5, 0.6) is 11.5 Å². The summed E-state index contributed by atoms with van der Waals surface area (Å²) >= 11 is 0. The quantitative estimate of drug-likeness (QED) is 0.287. The maximum Gasteiger partial charge on any atom is 0.290 e. The maximum atomic E-state index is 15.0. The lowest BCUT2D eigenvalue weighted by molar-refractivity contribution is -0.123. The number of pyridine rings is 1. The van der Waals surface area contributed by atoms with E-state index in [1.54, 1.807) is 49.4 Å². The predicted molar refractivity (Wildman–Crippen MR) is 149 cm³/mol. The number of nitrogens with zero attached hydrogens (tertiary/aromatic N) is 3. The van der Waals surface area contributed by atoms with E-state index in [1.165, 1.54) is 6.07 Å². The molecular formula is C29H32FN5O5. The van der Waals surface area contributed by atoms with Gasteiger partial charge < -0.3 is 20.5 Å². The maximum absolute atomic E-state index is 15.0. The first-order valence-corrected chi connectivity index (χ1v) is 12.4. The SMILES string of the molecule is CNC(=O)Cc1ccc2nccc(Oc3cc(F)c(CC(=O)Nc4cnn(C(C)(C)C)c4)cc3C)c2c1.O=CO. The Hall–Kier alpha value is -4.80. The molecule has 11 heteroatoms. The van der Waals surface area contributed by atoms with Gasteiger partial charge >= 0.3 is 0 Å². The normalized spacial score (nSPS) is 10.8. The molecule has 2 aromatic heterocycles. The van der Waals surface area contributed by atoms with Gasteiger partial charge in [-0.25, -0.2) is 4.39 Å². The van der Waals surface area contributed by atoms with Crippen LogP contribution in [-0.2, 0) is 32.8 Å². The molecule has 0 spiro atoms. The second kappa shape index (κ2) is 12.8. The number of anilines is 1. The number of nitrogens with one attached hydrogen (secondary N) is 2. The van der Waals surface area contributed by atoms with Crippen LogP contribution in [0.2, 0.25) is 0 Å². The molecule has 0 radical (unpaired) electrons. The zero-order chi connectivity index (χ0) is 29.4.